The van der Waals surface area contributed by atoms with Gasteiger partial charge in [-0.3, -0.25) is 9.69 Å². The van der Waals surface area contributed by atoms with Crippen LogP contribution in [0.1, 0.15) is 39.5 Å². The van der Waals surface area contributed by atoms with Crippen LogP contribution in [0, 0.1) is 6.92 Å². The molecule has 0 unspecified atom stereocenters. The summed E-state index contributed by atoms with van der Waals surface area (Å²) in [4.78, 5) is 17.6. The number of carbonyl (C=O) groups excluding carboxylic acids is 1. The third-order valence-electron chi connectivity index (χ3n) is 6.25. The lowest BCUT2D eigenvalue weighted by Crippen LogP contribution is -2.36. The Hall–Kier alpha value is -2.91. The van der Waals surface area contributed by atoms with Gasteiger partial charge in [0.15, 0.2) is 0 Å². The maximum absolute atomic E-state index is 13.0. The van der Waals surface area contributed by atoms with Crippen LogP contribution in [-0.4, -0.2) is 41.9 Å². The fourth-order valence-electron chi connectivity index (χ4n) is 4.88. The lowest BCUT2D eigenvalue weighted by molar-refractivity contribution is 0.0759. The lowest BCUT2D eigenvalue weighted by Gasteiger charge is -2.29. The van der Waals surface area contributed by atoms with Gasteiger partial charge in [-0.2, -0.15) is 0 Å². The first kappa shape index (κ1) is 18.1. The van der Waals surface area contributed by atoms with Crippen LogP contribution in [0.2, 0.25) is 0 Å². The van der Waals surface area contributed by atoms with Crippen molar-refractivity contribution >= 4 is 5.91 Å². The average Bonchev–Trinajstić information content (AvgIpc) is 2.90. The van der Waals surface area contributed by atoms with Gasteiger partial charge >= 0.3 is 0 Å². The first-order valence-corrected chi connectivity index (χ1v) is 10.5. The topological polar surface area (TPSA) is 23.6 Å². The quantitative estimate of drug-likeness (QED) is 0.628. The molecular formula is C26H26N2O. The van der Waals surface area contributed by atoms with E-state index in [0.29, 0.717) is 0 Å². The molecule has 1 amide bonds. The minimum absolute atomic E-state index is 0.155. The highest BCUT2D eigenvalue weighted by molar-refractivity contribution is 5.94. The minimum atomic E-state index is 0.155. The second-order valence-corrected chi connectivity index (χ2v) is 8.13. The van der Waals surface area contributed by atoms with Crippen molar-refractivity contribution < 1.29 is 4.79 Å². The van der Waals surface area contributed by atoms with Gasteiger partial charge in [0, 0.05) is 31.7 Å². The Labute approximate surface area is 172 Å². The summed E-state index contributed by atoms with van der Waals surface area (Å²) in [5, 5.41) is 0. The third kappa shape index (κ3) is 3.26. The van der Waals surface area contributed by atoms with Crippen molar-refractivity contribution in [3.8, 4) is 11.1 Å². The van der Waals surface area contributed by atoms with Crippen LogP contribution in [0.25, 0.3) is 11.1 Å². The lowest BCUT2D eigenvalue weighted by atomic mass is 10.0. The van der Waals surface area contributed by atoms with Crippen LogP contribution in [0.4, 0.5) is 0 Å². The molecule has 1 aliphatic carbocycles. The van der Waals surface area contributed by atoms with E-state index in [1.54, 1.807) is 0 Å². The van der Waals surface area contributed by atoms with E-state index < -0.39 is 0 Å². The van der Waals surface area contributed by atoms with Gasteiger partial charge in [-0.05, 0) is 47.7 Å². The van der Waals surface area contributed by atoms with Gasteiger partial charge in [-0.15, -0.1) is 0 Å². The van der Waals surface area contributed by atoms with Crippen molar-refractivity contribution in [3.05, 3.63) is 95.1 Å². The standard InChI is InChI=1S/C26H26N2O/c1-19-8-6-9-20(18-19)26(29)28-15-7-14-27(16-17-28)25-23-12-4-2-10-21(23)22-11-3-5-13-24(22)25/h2-6,8-13,18,25H,7,14-17H2,1H3. The fraction of sp³-hybridized carbons (Fsp3) is 0.269. The highest BCUT2D eigenvalue weighted by atomic mass is 16.2. The molecule has 3 aromatic rings. The van der Waals surface area contributed by atoms with E-state index in [4.69, 9.17) is 0 Å². The molecular weight excluding hydrogens is 356 g/mol. The van der Waals surface area contributed by atoms with Gasteiger partial charge in [0.05, 0.1) is 6.04 Å². The molecule has 1 aliphatic heterocycles. The van der Waals surface area contributed by atoms with Gasteiger partial charge in [0.2, 0.25) is 0 Å². The normalized spacial score (nSPS) is 16.9. The molecule has 1 fully saturated rings. The average molecular weight is 383 g/mol. The van der Waals surface area contributed by atoms with E-state index in [1.807, 2.05) is 36.1 Å². The molecule has 3 aromatic carbocycles. The smallest absolute Gasteiger partial charge is 0.253 e. The molecule has 0 spiro atoms. The molecule has 0 radical (unpaired) electrons. The Morgan fingerprint density at radius 2 is 1.48 bits per heavy atom. The van der Waals surface area contributed by atoms with E-state index in [2.05, 4.69) is 53.4 Å². The van der Waals surface area contributed by atoms with E-state index in [1.165, 1.54) is 22.3 Å². The van der Waals surface area contributed by atoms with Crippen molar-refractivity contribution in [1.29, 1.82) is 0 Å². The zero-order valence-electron chi connectivity index (χ0n) is 16.8. The number of fused-ring (bicyclic) bond motifs is 3. The van der Waals surface area contributed by atoms with Crippen molar-refractivity contribution in [2.45, 2.75) is 19.4 Å². The summed E-state index contributed by atoms with van der Waals surface area (Å²) in [5.74, 6) is 0.155. The third-order valence-corrected chi connectivity index (χ3v) is 6.25. The zero-order chi connectivity index (χ0) is 19.8. The Morgan fingerprint density at radius 1 is 0.793 bits per heavy atom. The fourth-order valence-corrected chi connectivity index (χ4v) is 4.88. The molecule has 0 atom stereocenters. The number of benzene rings is 3. The number of nitrogens with zero attached hydrogens (tertiary/aromatic N) is 2. The van der Waals surface area contributed by atoms with E-state index in [-0.39, 0.29) is 11.9 Å². The van der Waals surface area contributed by atoms with Gasteiger partial charge < -0.3 is 4.90 Å². The predicted molar refractivity (Wildman–Crippen MR) is 117 cm³/mol. The number of hydrogen-bond acceptors (Lipinski definition) is 2. The summed E-state index contributed by atoms with van der Waals surface area (Å²) in [5.41, 5.74) is 7.43. The van der Waals surface area contributed by atoms with Crippen LogP contribution < -0.4 is 0 Å². The maximum atomic E-state index is 13.0. The van der Waals surface area contributed by atoms with Crippen molar-refractivity contribution in [2.24, 2.45) is 0 Å². The van der Waals surface area contributed by atoms with Crippen molar-refractivity contribution in [1.82, 2.24) is 9.80 Å². The molecule has 1 saturated heterocycles. The van der Waals surface area contributed by atoms with E-state index in [9.17, 15) is 4.79 Å². The Balaban J connectivity index is 1.40. The number of rotatable bonds is 2. The maximum Gasteiger partial charge on any atom is 0.253 e. The van der Waals surface area contributed by atoms with Crippen LogP contribution in [0.5, 0.6) is 0 Å². The molecule has 0 N–H and O–H groups in total. The summed E-state index contributed by atoms with van der Waals surface area (Å²) < 4.78 is 0. The number of amides is 1. The summed E-state index contributed by atoms with van der Waals surface area (Å²) in [7, 11) is 0. The van der Waals surface area contributed by atoms with Crippen LogP contribution >= 0.6 is 0 Å². The molecule has 1 heterocycles. The van der Waals surface area contributed by atoms with Crippen LogP contribution in [0.15, 0.2) is 72.8 Å². The second kappa shape index (κ2) is 7.49. The second-order valence-electron chi connectivity index (χ2n) is 8.13. The SMILES string of the molecule is Cc1cccc(C(=O)N2CCCN(C3c4ccccc4-c4ccccc43)CC2)c1. The monoisotopic (exact) mass is 382 g/mol. The summed E-state index contributed by atoms with van der Waals surface area (Å²) in [6.45, 7) is 5.53. The largest absolute Gasteiger partial charge is 0.337 e. The molecule has 5 rings (SSSR count). The first-order chi connectivity index (χ1) is 14.2. The molecule has 3 nitrogen and oxygen atoms in total. The van der Waals surface area contributed by atoms with Crippen molar-refractivity contribution in [2.75, 3.05) is 26.2 Å². The number of carbonyl (C=O) groups is 1. The van der Waals surface area contributed by atoms with E-state index >= 15 is 0 Å². The molecule has 146 valence electrons. The van der Waals surface area contributed by atoms with Crippen LogP contribution in [-0.2, 0) is 0 Å². The molecule has 29 heavy (non-hydrogen) atoms. The molecule has 3 heteroatoms. The molecule has 0 saturated carbocycles. The van der Waals surface area contributed by atoms with Gasteiger partial charge in [0.25, 0.3) is 5.91 Å². The Bertz CT molecular complexity index is 1010. The Morgan fingerprint density at radius 3 is 2.17 bits per heavy atom. The van der Waals surface area contributed by atoms with E-state index in [0.717, 1.165) is 43.7 Å². The zero-order valence-corrected chi connectivity index (χ0v) is 16.8. The molecule has 0 aromatic heterocycles. The highest BCUT2D eigenvalue weighted by Crippen LogP contribution is 2.46. The first-order valence-electron chi connectivity index (χ1n) is 10.5. The van der Waals surface area contributed by atoms with Crippen LogP contribution in [0.3, 0.4) is 0 Å². The summed E-state index contributed by atoms with van der Waals surface area (Å²) in [6, 6.07) is 25.8. The summed E-state index contributed by atoms with van der Waals surface area (Å²) >= 11 is 0. The van der Waals surface area contributed by atoms with Gasteiger partial charge in [-0.25, -0.2) is 0 Å². The Kier molecular flexibility index (Phi) is 4.69. The van der Waals surface area contributed by atoms with Gasteiger partial charge in [0.1, 0.15) is 0 Å². The summed E-state index contributed by atoms with van der Waals surface area (Å²) in [6.07, 6.45) is 0.998. The predicted octanol–water partition coefficient (Wildman–Crippen LogP) is 4.91. The van der Waals surface area contributed by atoms with Crippen molar-refractivity contribution in [3.63, 3.8) is 0 Å². The minimum Gasteiger partial charge on any atom is -0.337 e. The van der Waals surface area contributed by atoms with Gasteiger partial charge in [-0.1, -0.05) is 66.2 Å². The number of aryl methyl sites for hydroxylation is 1. The molecule has 0 bridgehead atoms. The highest BCUT2D eigenvalue weighted by Gasteiger charge is 2.33. The number of hydrogen-bond donors (Lipinski definition) is 0. The molecule has 2 aliphatic rings.